The molecule has 0 bridgehead atoms. The fraction of sp³-hybridized carbons (Fsp3) is 0.0909. The van der Waals surface area contributed by atoms with E-state index >= 15 is 0 Å². The Kier molecular flexibility index (Phi) is 2.15. The molecule has 0 saturated carbocycles. The summed E-state index contributed by atoms with van der Waals surface area (Å²) < 4.78 is 5.35. The summed E-state index contributed by atoms with van der Waals surface area (Å²) in [5.41, 5.74) is 7.37. The van der Waals surface area contributed by atoms with Crippen LogP contribution in [-0.2, 0) is 0 Å². The lowest BCUT2D eigenvalue weighted by Crippen LogP contribution is -1.91. The van der Waals surface area contributed by atoms with Crippen LogP contribution < -0.4 is 5.73 Å². The maximum absolute atomic E-state index is 5.37. The average Bonchev–Trinajstić information content (AvgIpc) is 2.58. The first-order valence-electron chi connectivity index (χ1n) is 4.24. The van der Waals surface area contributed by atoms with Crippen molar-refractivity contribution in [3.63, 3.8) is 0 Å². The number of rotatable bonds is 2. The minimum absolute atomic E-state index is 0.555. The van der Waals surface area contributed by atoms with Gasteiger partial charge in [0.05, 0.1) is 6.26 Å². The lowest BCUT2D eigenvalue weighted by atomic mass is 10.2. The van der Waals surface area contributed by atoms with Gasteiger partial charge in [0.2, 0.25) is 0 Å². The lowest BCUT2D eigenvalue weighted by Gasteiger charge is -1.87. The van der Waals surface area contributed by atoms with Gasteiger partial charge in [-0.25, -0.2) is 0 Å². The van der Waals surface area contributed by atoms with Crippen molar-refractivity contribution >= 4 is 17.0 Å². The molecule has 2 heteroatoms. The van der Waals surface area contributed by atoms with E-state index in [0.29, 0.717) is 6.54 Å². The monoisotopic (exact) mass is 173 g/mol. The van der Waals surface area contributed by atoms with E-state index in [9.17, 15) is 0 Å². The van der Waals surface area contributed by atoms with Crippen molar-refractivity contribution in [3.05, 3.63) is 42.2 Å². The summed E-state index contributed by atoms with van der Waals surface area (Å²) in [7, 11) is 0. The standard InChI is InChI=1S/C11H11NO/c12-7-3-4-9-8-13-11-6-2-1-5-10(9)11/h1-6,8H,7,12H2/b4-3+. The molecule has 0 aliphatic heterocycles. The third kappa shape index (κ3) is 1.48. The summed E-state index contributed by atoms with van der Waals surface area (Å²) in [6.45, 7) is 0.555. The van der Waals surface area contributed by atoms with Crippen LogP contribution in [0.4, 0.5) is 0 Å². The van der Waals surface area contributed by atoms with Crippen molar-refractivity contribution in [1.82, 2.24) is 0 Å². The molecule has 0 aliphatic carbocycles. The number of hydrogen-bond donors (Lipinski definition) is 1. The highest BCUT2D eigenvalue weighted by Crippen LogP contribution is 2.21. The molecule has 66 valence electrons. The zero-order valence-electron chi connectivity index (χ0n) is 7.23. The normalized spacial score (nSPS) is 11.5. The van der Waals surface area contributed by atoms with Crippen molar-refractivity contribution in [1.29, 1.82) is 0 Å². The predicted molar refractivity (Wildman–Crippen MR) is 54.3 cm³/mol. The van der Waals surface area contributed by atoms with Crippen LogP contribution in [-0.4, -0.2) is 6.54 Å². The Morgan fingerprint density at radius 2 is 2.15 bits per heavy atom. The maximum Gasteiger partial charge on any atom is 0.134 e. The molecule has 2 rings (SSSR count). The molecule has 0 fully saturated rings. The number of benzene rings is 1. The van der Waals surface area contributed by atoms with E-state index in [0.717, 1.165) is 16.5 Å². The van der Waals surface area contributed by atoms with E-state index in [1.54, 1.807) is 6.26 Å². The molecular weight excluding hydrogens is 162 g/mol. The summed E-state index contributed by atoms with van der Waals surface area (Å²) in [6, 6.07) is 7.95. The second-order valence-electron chi connectivity index (χ2n) is 2.83. The minimum atomic E-state index is 0.555. The van der Waals surface area contributed by atoms with Crippen LogP contribution in [0.2, 0.25) is 0 Å². The predicted octanol–water partition coefficient (Wildman–Crippen LogP) is 2.40. The van der Waals surface area contributed by atoms with Gasteiger partial charge in [-0.2, -0.15) is 0 Å². The van der Waals surface area contributed by atoms with Crippen molar-refractivity contribution < 1.29 is 4.42 Å². The third-order valence-electron chi connectivity index (χ3n) is 1.94. The third-order valence-corrected chi connectivity index (χ3v) is 1.94. The van der Waals surface area contributed by atoms with Crippen LogP contribution in [0.1, 0.15) is 5.56 Å². The zero-order chi connectivity index (χ0) is 9.10. The first-order chi connectivity index (χ1) is 6.42. The van der Waals surface area contributed by atoms with Crippen molar-refractivity contribution in [2.75, 3.05) is 6.54 Å². The summed E-state index contributed by atoms with van der Waals surface area (Å²) in [6.07, 6.45) is 5.64. The first-order valence-corrected chi connectivity index (χ1v) is 4.24. The highest BCUT2D eigenvalue weighted by atomic mass is 16.3. The van der Waals surface area contributed by atoms with Crippen LogP contribution in [0.3, 0.4) is 0 Å². The Hall–Kier alpha value is -1.54. The number of hydrogen-bond acceptors (Lipinski definition) is 2. The van der Waals surface area contributed by atoms with Crippen LogP contribution in [0.5, 0.6) is 0 Å². The maximum atomic E-state index is 5.37. The Bertz CT molecular complexity index is 428. The highest BCUT2D eigenvalue weighted by Gasteiger charge is 1.99. The second-order valence-corrected chi connectivity index (χ2v) is 2.83. The van der Waals surface area contributed by atoms with E-state index in [1.165, 1.54) is 0 Å². The SMILES string of the molecule is NC/C=C/c1coc2ccccc12. The average molecular weight is 173 g/mol. The van der Waals surface area contributed by atoms with E-state index in [1.807, 2.05) is 36.4 Å². The van der Waals surface area contributed by atoms with E-state index in [-0.39, 0.29) is 0 Å². The lowest BCUT2D eigenvalue weighted by molar-refractivity contribution is 0.615. The van der Waals surface area contributed by atoms with Gasteiger partial charge in [0.1, 0.15) is 5.58 Å². The molecule has 1 aromatic heterocycles. The molecular formula is C11H11NO. The van der Waals surface area contributed by atoms with Gasteiger partial charge in [-0.05, 0) is 6.07 Å². The Morgan fingerprint density at radius 1 is 1.31 bits per heavy atom. The van der Waals surface area contributed by atoms with E-state index < -0.39 is 0 Å². The summed E-state index contributed by atoms with van der Waals surface area (Å²) in [5.74, 6) is 0. The van der Waals surface area contributed by atoms with Gasteiger partial charge in [-0.15, -0.1) is 0 Å². The molecule has 2 nitrogen and oxygen atoms in total. The van der Waals surface area contributed by atoms with Gasteiger partial charge < -0.3 is 10.2 Å². The molecule has 0 aliphatic rings. The van der Waals surface area contributed by atoms with Crippen LogP contribution in [0.25, 0.3) is 17.0 Å². The second kappa shape index (κ2) is 3.46. The fourth-order valence-electron chi connectivity index (χ4n) is 1.32. The largest absolute Gasteiger partial charge is 0.464 e. The quantitative estimate of drug-likeness (QED) is 0.757. The van der Waals surface area contributed by atoms with Gasteiger partial charge in [0, 0.05) is 17.5 Å². The number of nitrogens with two attached hydrogens (primary N) is 1. The first kappa shape index (κ1) is 8.08. The minimum Gasteiger partial charge on any atom is -0.464 e. The summed E-state index contributed by atoms with van der Waals surface area (Å²) in [4.78, 5) is 0. The number of fused-ring (bicyclic) bond motifs is 1. The highest BCUT2D eigenvalue weighted by molar-refractivity contribution is 5.86. The molecule has 2 aromatic rings. The fourth-order valence-corrected chi connectivity index (χ4v) is 1.32. The van der Waals surface area contributed by atoms with Crippen LogP contribution in [0, 0.1) is 0 Å². The molecule has 0 unspecified atom stereocenters. The zero-order valence-corrected chi connectivity index (χ0v) is 7.23. The van der Waals surface area contributed by atoms with E-state index in [4.69, 9.17) is 10.2 Å². The molecule has 2 N–H and O–H groups in total. The van der Waals surface area contributed by atoms with Gasteiger partial charge in [0.15, 0.2) is 0 Å². The van der Waals surface area contributed by atoms with Crippen molar-refractivity contribution in [2.24, 2.45) is 5.73 Å². The number of furan rings is 1. The van der Waals surface area contributed by atoms with Crippen LogP contribution >= 0.6 is 0 Å². The number of para-hydroxylation sites is 1. The molecule has 13 heavy (non-hydrogen) atoms. The summed E-state index contributed by atoms with van der Waals surface area (Å²) >= 11 is 0. The topological polar surface area (TPSA) is 39.2 Å². The molecule has 0 amide bonds. The molecule has 1 aromatic carbocycles. The van der Waals surface area contributed by atoms with Crippen LogP contribution in [0.15, 0.2) is 41.0 Å². The molecule has 0 radical (unpaired) electrons. The Morgan fingerprint density at radius 3 is 3.00 bits per heavy atom. The van der Waals surface area contributed by atoms with Crippen molar-refractivity contribution in [2.45, 2.75) is 0 Å². The van der Waals surface area contributed by atoms with Gasteiger partial charge in [-0.1, -0.05) is 30.4 Å². The van der Waals surface area contributed by atoms with E-state index in [2.05, 4.69) is 0 Å². The smallest absolute Gasteiger partial charge is 0.134 e. The molecule has 0 saturated heterocycles. The Balaban J connectivity index is 2.52. The molecule has 0 spiro atoms. The van der Waals surface area contributed by atoms with Gasteiger partial charge >= 0.3 is 0 Å². The van der Waals surface area contributed by atoms with Gasteiger partial charge in [-0.3, -0.25) is 0 Å². The van der Waals surface area contributed by atoms with Gasteiger partial charge in [0.25, 0.3) is 0 Å². The van der Waals surface area contributed by atoms with Crippen molar-refractivity contribution in [3.8, 4) is 0 Å². The molecule has 0 atom stereocenters. The Labute approximate surface area is 76.7 Å². The summed E-state index contributed by atoms with van der Waals surface area (Å²) in [5, 5.41) is 1.13. The molecule has 1 heterocycles.